The van der Waals surface area contributed by atoms with Crippen molar-refractivity contribution < 1.29 is 9.18 Å². The maximum absolute atomic E-state index is 13.0. The maximum atomic E-state index is 13.0. The maximum Gasteiger partial charge on any atom is 0.243 e. The molecule has 1 amide bonds. The number of nitrogens with one attached hydrogen (secondary N) is 1. The van der Waals surface area contributed by atoms with Crippen molar-refractivity contribution in [3.8, 4) is 12.1 Å². The van der Waals surface area contributed by atoms with Crippen molar-refractivity contribution in [2.24, 2.45) is 11.3 Å². The highest BCUT2D eigenvalue weighted by atomic mass is 32.2. The van der Waals surface area contributed by atoms with Crippen LogP contribution in [0.1, 0.15) is 37.7 Å². The lowest BCUT2D eigenvalue weighted by Gasteiger charge is -2.43. The highest BCUT2D eigenvalue weighted by molar-refractivity contribution is 8.02. The van der Waals surface area contributed by atoms with Crippen molar-refractivity contribution in [3.63, 3.8) is 0 Å². The molecule has 25 heavy (non-hydrogen) atoms. The van der Waals surface area contributed by atoms with Crippen molar-refractivity contribution in [1.29, 1.82) is 10.5 Å². The van der Waals surface area contributed by atoms with Crippen LogP contribution in [0.2, 0.25) is 0 Å². The van der Waals surface area contributed by atoms with Gasteiger partial charge < -0.3 is 5.32 Å². The molecule has 0 radical (unpaired) electrons. The summed E-state index contributed by atoms with van der Waals surface area (Å²) >= 11 is 1.37. The average Bonchev–Trinajstić information content (AvgIpc) is 2.62. The minimum absolute atomic E-state index is 0.297. The van der Waals surface area contributed by atoms with Crippen molar-refractivity contribution in [2.75, 3.05) is 0 Å². The molecule has 3 rings (SSSR count). The van der Waals surface area contributed by atoms with Gasteiger partial charge in [0, 0.05) is 11.2 Å². The molecule has 0 aromatic heterocycles. The molecule has 1 aliphatic carbocycles. The first-order valence-corrected chi connectivity index (χ1v) is 9.32. The molecule has 0 bridgehead atoms. The van der Waals surface area contributed by atoms with Gasteiger partial charge in [0.1, 0.15) is 11.7 Å². The zero-order valence-corrected chi connectivity index (χ0v) is 14.5. The van der Waals surface area contributed by atoms with Gasteiger partial charge >= 0.3 is 0 Å². The Morgan fingerprint density at radius 1 is 1.20 bits per heavy atom. The molecular formula is C19H18FN3OS. The lowest BCUT2D eigenvalue weighted by atomic mass is 9.61. The molecule has 1 saturated carbocycles. The highest BCUT2D eigenvalue weighted by Crippen LogP contribution is 2.52. The van der Waals surface area contributed by atoms with Crippen LogP contribution in [-0.4, -0.2) is 5.91 Å². The quantitative estimate of drug-likeness (QED) is 0.888. The van der Waals surface area contributed by atoms with E-state index in [1.165, 1.54) is 23.9 Å². The number of nitrogens with zero attached hydrogens (tertiary/aromatic N) is 2. The summed E-state index contributed by atoms with van der Waals surface area (Å²) in [6.07, 6.45) is 4.31. The van der Waals surface area contributed by atoms with Crippen LogP contribution in [0.15, 0.2) is 34.9 Å². The molecule has 2 aliphatic rings. The largest absolute Gasteiger partial charge is 0.319 e. The minimum atomic E-state index is -0.808. The topological polar surface area (TPSA) is 76.7 Å². The van der Waals surface area contributed by atoms with Gasteiger partial charge in [0.2, 0.25) is 5.91 Å². The average molecular weight is 355 g/mol. The van der Waals surface area contributed by atoms with Crippen LogP contribution in [0, 0.1) is 39.8 Å². The van der Waals surface area contributed by atoms with Gasteiger partial charge in [-0.1, -0.05) is 31.4 Å². The number of carbonyl (C=O) groups is 1. The zero-order chi connectivity index (χ0) is 17.9. The number of rotatable bonds is 3. The SMILES string of the molecule is N#CC1=C(SCc2ccc(F)cc2)NC(=O)C(C#N)C12CCCCC2. The number of thioether (sulfide) groups is 1. The number of nitriles is 2. The van der Waals surface area contributed by atoms with Crippen molar-refractivity contribution in [3.05, 3.63) is 46.2 Å². The summed E-state index contributed by atoms with van der Waals surface area (Å²) in [5.74, 6) is -0.897. The van der Waals surface area contributed by atoms with E-state index in [0.717, 1.165) is 24.8 Å². The van der Waals surface area contributed by atoms with E-state index < -0.39 is 11.3 Å². The van der Waals surface area contributed by atoms with Crippen LogP contribution in [0.3, 0.4) is 0 Å². The summed E-state index contributed by atoms with van der Waals surface area (Å²) < 4.78 is 13.0. The Kier molecular flexibility index (Phi) is 5.11. The Morgan fingerprint density at radius 3 is 2.48 bits per heavy atom. The molecular weight excluding hydrogens is 337 g/mol. The third kappa shape index (κ3) is 3.27. The first kappa shape index (κ1) is 17.5. The monoisotopic (exact) mass is 355 g/mol. The molecule has 1 atom stereocenters. The number of allylic oxidation sites excluding steroid dienone is 1. The fourth-order valence-electron chi connectivity index (χ4n) is 3.78. The van der Waals surface area contributed by atoms with E-state index in [4.69, 9.17) is 0 Å². The molecule has 1 N–H and O–H groups in total. The second-order valence-electron chi connectivity index (χ2n) is 6.50. The Bertz CT molecular complexity index is 782. The molecule has 1 aromatic rings. The van der Waals surface area contributed by atoms with E-state index in [-0.39, 0.29) is 11.7 Å². The predicted molar refractivity (Wildman–Crippen MR) is 93.1 cm³/mol. The lowest BCUT2D eigenvalue weighted by molar-refractivity contribution is -0.126. The van der Waals surface area contributed by atoms with Crippen LogP contribution in [0.4, 0.5) is 4.39 Å². The standard InChI is InChI=1S/C19H18FN3OS/c20-14-6-4-13(5-7-14)12-25-18-16(11-22)19(8-2-1-3-9-19)15(10-21)17(24)23-18/h4-7,15H,1-3,8-9,12H2,(H,23,24). The van der Waals surface area contributed by atoms with Gasteiger partial charge in [-0.3, -0.25) is 4.79 Å². The van der Waals surface area contributed by atoms with Gasteiger partial charge in [0.15, 0.2) is 0 Å². The third-order valence-corrected chi connectivity index (χ3v) is 6.13. The van der Waals surface area contributed by atoms with Gasteiger partial charge in [0.05, 0.1) is 22.7 Å². The number of halogens is 1. The fraction of sp³-hybridized carbons (Fsp3) is 0.421. The first-order chi connectivity index (χ1) is 12.1. The van der Waals surface area contributed by atoms with Crippen molar-refractivity contribution in [2.45, 2.75) is 37.9 Å². The van der Waals surface area contributed by atoms with Gasteiger partial charge in [-0.25, -0.2) is 4.39 Å². The molecule has 0 saturated heterocycles. The molecule has 1 aliphatic heterocycles. The van der Waals surface area contributed by atoms with Gasteiger partial charge in [-0.05, 0) is 30.5 Å². The van der Waals surface area contributed by atoms with E-state index in [2.05, 4.69) is 17.5 Å². The Labute approximate surface area is 150 Å². The van der Waals surface area contributed by atoms with Crippen molar-refractivity contribution >= 4 is 17.7 Å². The van der Waals surface area contributed by atoms with Gasteiger partial charge in [-0.2, -0.15) is 10.5 Å². The van der Waals surface area contributed by atoms with E-state index in [9.17, 15) is 19.7 Å². The summed E-state index contributed by atoms with van der Waals surface area (Å²) in [6.45, 7) is 0. The van der Waals surface area contributed by atoms with Crippen LogP contribution < -0.4 is 5.32 Å². The lowest BCUT2D eigenvalue weighted by Crippen LogP contribution is -2.48. The van der Waals surface area contributed by atoms with Gasteiger partial charge in [0.25, 0.3) is 0 Å². The molecule has 6 heteroatoms. The molecule has 4 nitrogen and oxygen atoms in total. The Morgan fingerprint density at radius 2 is 1.88 bits per heavy atom. The molecule has 1 unspecified atom stereocenters. The molecule has 1 aromatic carbocycles. The number of benzene rings is 1. The highest BCUT2D eigenvalue weighted by Gasteiger charge is 2.51. The van der Waals surface area contributed by atoms with Crippen LogP contribution >= 0.6 is 11.8 Å². The number of carbonyl (C=O) groups excluding carboxylic acids is 1. The summed E-state index contributed by atoms with van der Waals surface area (Å²) in [5, 5.41) is 22.6. The second kappa shape index (κ2) is 7.29. The number of hydrogen-bond donors (Lipinski definition) is 1. The van der Waals surface area contributed by atoms with Crippen LogP contribution in [-0.2, 0) is 10.5 Å². The van der Waals surface area contributed by atoms with E-state index >= 15 is 0 Å². The number of hydrogen-bond acceptors (Lipinski definition) is 4. The Hall–Kier alpha value is -2.31. The summed E-state index contributed by atoms with van der Waals surface area (Å²) in [7, 11) is 0. The Balaban J connectivity index is 1.92. The summed E-state index contributed by atoms with van der Waals surface area (Å²) in [6, 6.07) is 10.6. The molecule has 1 spiro atoms. The molecule has 1 heterocycles. The molecule has 128 valence electrons. The summed E-state index contributed by atoms with van der Waals surface area (Å²) in [4.78, 5) is 12.5. The zero-order valence-electron chi connectivity index (χ0n) is 13.7. The second-order valence-corrected chi connectivity index (χ2v) is 7.48. The third-order valence-electron chi connectivity index (χ3n) is 5.06. The number of amides is 1. The summed E-state index contributed by atoms with van der Waals surface area (Å²) in [5.41, 5.74) is 0.783. The fourth-order valence-corrected chi connectivity index (χ4v) is 4.85. The first-order valence-electron chi connectivity index (χ1n) is 8.33. The molecule has 1 fully saturated rings. The minimum Gasteiger partial charge on any atom is -0.319 e. The van der Waals surface area contributed by atoms with E-state index in [1.807, 2.05) is 0 Å². The predicted octanol–water partition coefficient (Wildman–Crippen LogP) is 4.01. The van der Waals surface area contributed by atoms with E-state index in [0.29, 0.717) is 29.2 Å². The van der Waals surface area contributed by atoms with Crippen molar-refractivity contribution in [1.82, 2.24) is 5.32 Å². The normalized spacial score (nSPS) is 22.2. The van der Waals surface area contributed by atoms with Gasteiger partial charge in [-0.15, -0.1) is 11.8 Å². The van der Waals surface area contributed by atoms with Crippen LogP contribution in [0.25, 0.3) is 0 Å². The van der Waals surface area contributed by atoms with Crippen LogP contribution in [0.5, 0.6) is 0 Å². The van der Waals surface area contributed by atoms with E-state index in [1.54, 1.807) is 12.1 Å². The smallest absolute Gasteiger partial charge is 0.243 e.